The number of hydrogen-bond acceptors (Lipinski definition) is 2. The minimum atomic E-state index is -0.560. The first-order valence-electron chi connectivity index (χ1n) is 8.57. The zero-order valence-electron chi connectivity index (χ0n) is 14.1. The van der Waals surface area contributed by atoms with Gasteiger partial charge in [0.15, 0.2) is 0 Å². The third kappa shape index (κ3) is 5.10. The van der Waals surface area contributed by atoms with Crippen LogP contribution in [0, 0.1) is 17.6 Å². The largest absolute Gasteiger partial charge is 0.342 e. The van der Waals surface area contributed by atoms with Gasteiger partial charge in [0.1, 0.15) is 11.6 Å². The van der Waals surface area contributed by atoms with Gasteiger partial charge in [-0.1, -0.05) is 30.3 Å². The van der Waals surface area contributed by atoms with Crippen molar-refractivity contribution in [2.45, 2.75) is 19.4 Å². The number of amides is 1. The van der Waals surface area contributed by atoms with Crippen molar-refractivity contribution in [3.8, 4) is 0 Å². The van der Waals surface area contributed by atoms with Crippen molar-refractivity contribution < 1.29 is 13.6 Å². The van der Waals surface area contributed by atoms with E-state index in [1.165, 1.54) is 12.1 Å². The molecule has 0 unspecified atom stereocenters. The molecule has 0 saturated carbocycles. The van der Waals surface area contributed by atoms with Crippen LogP contribution >= 0.6 is 0 Å². The highest BCUT2D eigenvalue weighted by molar-refractivity contribution is 5.79. The number of carbonyl (C=O) groups excluding carboxylic acids is 1. The summed E-state index contributed by atoms with van der Waals surface area (Å²) in [7, 11) is 0. The molecule has 132 valence electrons. The molecule has 2 aromatic carbocycles. The van der Waals surface area contributed by atoms with Crippen molar-refractivity contribution in [2.24, 2.45) is 5.92 Å². The summed E-state index contributed by atoms with van der Waals surface area (Å²) >= 11 is 0. The number of benzene rings is 2. The number of nitrogens with zero attached hydrogens (tertiary/aromatic N) is 1. The SMILES string of the molecule is O=C(Cc1ccccc1)N1CC[C@@H](CNCc2cc(F)cc(F)c2)C1. The van der Waals surface area contributed by atoms with Crippen molar-refractivity contribution in [1.29, 1.82) is 0 Å². The van der Waals surface area contributed by atoms with E-state index in [0.29, 0.717) is 24.4 Å². The molecule has 1 amide bonds. The third-order valence-corrected chi connectivity index (χ3v) is 4.52. The second kappa shape index (κ2) is 8.21. The summed E-state index contributed by atoms with van der Waals surface area (Å²) in [6.07, 6.45) is 1.38. The molecule has 25 heavy (non-hydrogen) atoms. The zero-order valence-corrected chi connectivity index (χ0v) is 14.1. The highest BCUT2D eigenvalue weighted by atomic mass is 19.1. The number of nitrogens with one attached hydrogen (secondary N) is 1. The standard InChI is InChI=1S/C20H22F2N2O/c21-18-8-17(9-19(22)11-18)13-23-12-16-6-7-24(14-16)20(25)10-15-4-2-1-3-5-15/h1-5,8-9,11,16,23H,6-7,10,12-14H2/t16-/m0/s1. The summed E-state index contributed by atoms with van der Waals surface area (Å²) in [4.78, 5) is 14.3. The van der Waals surface area contributed by atoms with Crippen LogP contribution in [0.5, 0.6) is 0 Å². The molecule has 1 aliphatic heterocycles. The Morgan fingerprint density at radius 2 is 1.80 bits per heavy atom. The van der Waals surface area contributed by atoms with Crippen LogP contribution in [-0.2, 0) is 17.8 Å². The molecule has 0 spiro atoms. The molecule has 2 aromatic rings. The van der Waals surface area contributed by atoms with E-state index in [-0.39, 0.29) is 5.91 Å². The van der Waals surface area contributed by atoms with E-state index in [2.05, 4.69) is 5.32 Å². The minimum absolute atomic E-state index is 0.154. The van der Waals surface area contributed by atoms with E-state index in [1.54, 1.807) is 0 Å². The Hall–Kier alpha value is -2.27. The summed E-state index contributed by atoms with van der Waals surface area (Å²) in [6, 6.07) is 13.3. The smallest absolute Gasteiger partial charge is 0.226 e. The first-order chi connectivity index (χ1) is 12.1. The van der Waals surface area contributed by atoms with Crippen molar-refractivity contribution in [3.05, 3.63) is 71.3 Å². The minimum Gasteiger partial charge on any atom is -0.342 e. The van der Waals surface area contributed by atoms with E-state index in [4.69, 9.17) is 0 Å². The molecule has 1 fully saturated rings. The van der Waals surface area contributed by atoms with Gasteiger partial charge in [0.25, 0.3) is 0 Å². The molecule has 1 saturated heterocycles. The van der Waals surface area contributed by atoms with Gasteiger partial charge >= 0.3 is 0 Å². The predicted molar refractivity (Wildman–Crippen MR) is 92.9 cm³/mol. The van der Waals surface area contributed by atoms with Crippen molar-refractivity contribution in [1.82, 2.24) is 10.2 Å². The maximum absolute atomic E-state index is 13.2. The fraction of sp³-hybridized carbons (Fsp3) is 0.350. The Labute approximate surface area is 146 Å². The van der Waals surface area contributed by atoms with E-state index in [1.807, 2.05) is 35.2 Å². The van der Waals surface area contributed by atoms with Crippen LogP contribution in [0.3, 0.4) is 0 Å². The first kappa shape index (κ1) is 17.5. The molecule has 1 atom stereocenters. The predicted octanol–water partition coefficient (Wildman–Crippen LogP) is 3.15. The van der Waals surface area contributed by atoms with Crippen LogP contribution in [-0.4, -0.2) is 30.4 Å². The van der Waals surface area contributed by atoms with Gasteiger partial charge in [0.05, 0.1) is 6.42 Å². The van der Waals surface area contributed by atoms with Crippen molar-refractivity contribution in [2.75, 3.05) is 19.6 Å². The molecule has 5 heteroatoms. The number of halogens is 2. The van der Waals surface area contributed by atoms with Crippen molar-refractivity contribution >= 4 is 5.91 Å². The van der Waals surface area contributed by atoms with E-state index in [0.717, 1.165) is 37.7 Å². The molecule has 1 N–H and O–H groups in total. The Morgan fingerprint density at radius 1 is 1.08 bits per heavy atom. The molecule has 1 heterocycles. The molecule has 0 aliphatic carbocycles. The molecule has 0 aromatic heterocycles. The lowest BCUT2D eigenvalue weighted by molar-refractivity contribution is -0.129. The summed E-state index contributed by atoms with van der Waals surface area (Å²) in [5, 5.41) is 3.24. The number of hydrogen-bond donors (Lipinski definition) is 1. The molecule has 3 nitrogen and oxygen atoms in total. The van der Waals surface area contributed by atoms with Gasteiger partial charge in [0.2, 0.25) is 5.91 Å². The first-order valence-corrected chi connectivity index (χ1v) is 8.57. The Balaban J connectivity index is 1.43. The zero-order chi connectivity index (χ0) is 17.6. The molecular weight excluding hydrogens is 322 g/mol. The molecular formula is C20H22F2N2O. The van der Waals surface area contributed by atoms with E-state index < -0.39 is 11.6 Å². The van der Waals surface area contributed by atoms with Crippen LogP contribution in [0.25, 0.3) is 0 Å². The molecule has 0 bridgehead atoms. The van der Waals surface area contributed by atoms with Crippen LogP contribution in [0.1, 0.15) is 17.5 Å². The second-order valence-corrected chi connectivity index (χ2v) is 6.57. The number of likely N-dealkylation sites (tertiary alicyclic amines) is 1. The normalized spacial score (nSPS) is 17.0. The Bertz CT molecular complexity index is 701. The van der Waals surface area contributed by atoms with Gasteiger partial charge < -0.3 is 10.2 Å². The number of rotatable bonds is 6. The Kier molecular flexibility index (Phi) is 5.76. The quantitative estimate of drug-likeness (QED) is 0.873. The van der Waals surface area contributed by atoms with Gasteiger partial charge in [0, 0.05) is 32.2 Å². The maximum atomic E-state index is 13.2. The Morgan fingerprint density at radius 3 is 2.52 bits per heavy atom. The highest BCUT2D eigenvalue weighted by Crippen LogP contribution is 2.17. The van der Waals surface area contributed by atoms with Crippen LogP contribution < -0.4 is 5.32 Å². The van der Waals surface area contributed by atoms with Crippen LogP contribution in [0.2, 0.25) is 0 Å². The van der Waals surface area contributed by atoms with Gasteiger partial charge in [-0.2, -0.15) is 0 Å². The van der Waals surface area contributed by atoms with Crippen molar-refractivity contribution in [3.63, 3.8) is 0 Å². The summed E-state index contributed by atoms with van der Waals surface area (Å²) in [5.41, 5.74) is 1.62. The maximum Gasteiger partial charge on any atom is 0.226 e. The topological polar surface area (TPSA) is 32.3 Å². The summed E-state index contributed by atoms with van der Waals surface area (Å²) in [6.45, 7) is 2.65. The summed E-state index contributed by atoms with van der Waals surface area (Å²) in [5.74, 6) is -0.593. The lowest BCUT2D eigenvalue weighted by atomic mass is 10.1. The molecule has 1 aliphatic rings. The highest BCUT2D eigenvalue weighted by Gasteiger charge is 2.25. The summed E-state index contributed by atoms with van der Waals surface area (Å²) < 4.78 is 26.3. The third-order valence-electron chi connectivity index (χ3n) is 4.52. The lowest BCUT2D eigenvalue weighted by Crippen LogP contribution is -2.32. The van der Waals surface area contributed by atoms with Gasteiger partial charge in [-0.25, -0.2) is 8.78 Å². The lowest BCUT2D eigenvalue weighted by Gasteiger charge is -2.17. The second-order valence-electron chi connectivity index (χ2n) is 6.57. The molecule has 0 radical (unpaired) electrons. The average molecular weight is 344 g/mol. The van der Waals surface area contributed by atoms with Gasteiger partial charge in [-0.15, -0.1) is 0 Å². The fourth-order valence-electron chi connectivity index (χ4n) is 3.24. The molecule has 3 rings (SSSR count). The van der Waals surface area contributed by atoms with E-state index in [9.17, 15) is 13.6 Å². The van der Waals surface area contributed by atoms with Crippen LogP contribution in [0.4, 0.5) is 8.78 Å². The van der Waals surface area contributed by atoms with Gasteiger partial charge in [-0.05, 0) is 35.6 Å². The average Bonchev–Trinajstić information content (AvgIpc) is 3.04. The number of carbonyl (C=O) groups is 1. The van der Waals surface area contributed by atoms with Gasteiger partial charge in [-0.3, -0.25) is 4.79 Å². The monoisotopic (exact) mass is 344 g/mol. The van der Waals surface area contributed by atoms with E-state index >= 15 is 0 Å². The van der Waals surface area contributed by atoms with Crippen LogP contribution in [0.15, 0.2) is 48.5 Å². The fourth-order valence-corrected chi connectivity index (χ4v) is 3.24.